The SMILES string of the molecule is C=C1CC(C=Nc2cc(OCc3cc(COc4cc5c(cc4OC)C(=O)N4CC(=C)CC4C=N5)cc(N4CCN(CCCN)CC4)c3)c(OC)cc2C=O)N(C)C1. The first-order chi connectivity index (χ1) is 27.7. The van der Waals surface area contributed by atoms with Crippen LogP contribution in [0.15, 0.2) is 76.8 Å². The monoisotopic (exact) mass is 775 g/mol. The molecule has 3 aromatic carbocycles. The molecule has 13 heteroatoms. The number of fused-ring (bicyclic) bond motifs is 2. The molecule has 0 bridgehead atoms. The van der Waals surface area contributed by atoms with Crippen molar-refractivity contribution < 1.29 is 28.5 Å². The molecule has 300 valence electrons. The second-order valence-corrected chi connectivity index (χ2v) is 15.2. The molecule has 0 radical (unpaired) electrons. The molecule has 2 N–H and O–H groups in total. The van der Waals surface area contributed by atoms with E-state index in [2.05, 4.69) is 46.1 Å². The van der Waals surface area contributed by atoms with Gasteiger partial charge in [0.1, 0.15) is 13.2 Å². The van der Waals surface area contributed by atoms with Gasteiger partial charge in [-0.05, 0) is 80.9 Å². The van der Waals surface area contributed by atoms with E-state index >= 15 is 0 Å². The fourth-order valence-electron chi connectivity index (χ4n) is 7.93. The molecule has 4 heterocycles. The minimum atomic E-state index is -0.110. The van der Waals surface area contributed by atoms with Gasteiger partial charge >= 0.3 is 0 Å². The summed E-state index contributed by atoms with van der Waals surface area (Å²) in [7, 11) is 5.16. The summed E-state index contributed by atoms with van der Waals surface area (Å²) in [4.78, 5) is 43.9. The fourth-order valence-corrected chi connectivity index (χ4v) is 7.93. The third-order valence-electron chi connectivity index (χ3n) is 11.1. The first-order valence-corrected chi connectivity index (χ1v) is 19.5. The normalized spacial score (nSPS) is 19.9. The van der Waals surface area contributed by atoms with Crippen LogP contribution >= 0.6 is 0 Å². The van der Waals surface area contributed by atoms with Gasteiger partial charge in [-0.15, -0.1) is 0 Å². The standard InChI is InChI=1S/C44H53N7O6/c1-29-13-35(48(3)24-29)22-46-38-20-42(40(54-4)18-33(38)26-52)56-27-31-15-32(17-34(16-31)50-11-9-49(10-12-50)8-6-7-45)28-57-43-21-39-37(19-41(43)55-5)44(53)51-25-30(2)14-36(51)23-47-39/h15-23,26,35-36H,1-2,6-14,24-25,27-28,45H2,3-5H3. The number of aldehydes is 1. The summed E-state index contributed by atoms with van der Waals surface area (Å²) in [5, 5.41) is 0. The van der Waals surface area contributed by atoms with Gasteiger partial charge in [0.15, 0.2) is 29.3 Å². The molecule has 0 aromatic heterocycles. The van der Waals surface area contributed by atoms with Crippen LogP contribution in [0.1, 0.15) is 51.1 Å². The number of piperazine rings is 1. The summed E-state index contributed by atoms with van der Waals surface area (Å²) in [5.41, 5.74) is 12.8. The van der Waals surface area contributed by atoms with Gasteiger partial charge in [0.25, 0.3) is 5.91 Å². The van der Waals surface area contributed by atoms with Crippen LogP contribution < -0.4 is 29.6 Å². The quantitative estimate of drug-likeness (QED) is 0.118. The Bertz CT molecular complexity index is 2070. The molecule has 3 fully saturated rings. The number of hydrogen-bond acceptors (Lipinski definition) is 12. The van der Waals surface area contributed by atoms with Gasteiger partial charge in [0.05, 0.1) is 37.2 Å². The summed E-state index contributed by atoms with van der Waals surface area (Å²) in [6, 6.07) is 13.3. The highest BCUT2D eigenvalue weighted by molar-refractivity contribution is 6.04. The minimum absolute atomic E-state index is 0.0967. The zero-order valence-corrected chi connectivity index (χ0v) is 33.2. The first kappa shape index (κ1) is 39.7. The van der Waals surface area contributed by atoms with Crippen molar-refractivity contribution in [3.8, 4) is 23.0 Å². The van der Waals surface area contributed by atoms with Crippen molar-refractivity contribution in [2.45, 2.75) is 44.6 Å². The molecule has 3 aromatic rings. The number of nitrogens with two attached hydrogens (primary N) is 1. The third kappa shape index (κ3) is 9.06. The largest absolute Gasteiger partial charge is 0.493 e. The number of hydrogen-bond donors (Lipinski definition) is 1. The number of rotatable bonds is 15. The van der Waals surface area contributed by atoms with E-state index < -0.39 is 0 Å². The molecule has 57 heavy (non-hydrogen) atoms. The van der Waals surface area contributed by atoms with Crippen LogP contribution in [0.3, 0.4) is 0 Å². The molecule has 2 atom stereocenters. The number of aliphatic imine (C=N–C) groups is 2. The Kier molecular flexibility index (Phi) is 12.4. The molecule has 13 nitrogen and oxygen atoms in total. The van der Waals surface area contributed by atoms with Gasteiger partial charge in [0, 0.05) is 81.1 Å². The topological polar surface area (TPSA) is 135 Å². The Morgan fingerprint density at radius 1 is 0.877 bits per heavy atom. The van der Waals surface area contributed by atoms with Gasteiger partial charge in [-0.25, -0.2) is 0 Å². The predicted octanol–water partition coefficient (Wildman–Crippen LogP) is 5.59. The Balaban J connectivity index is 1.14. The van der Waals surface area contributed by atoms with E-state index in [1.807, 2.05) is 19.5 Å². The number of nitrogens with zero attached hydrogens (tertiary/aromatic N) is 6. The number of ether oxygens (including phenoxy) is 4. The first-order valence-electron chi connectivity index (χ1n) is 19.5. The molecule has 4 aliphatic heterocycles. The van der Waals surface area contributed by atoms with E-state index in [9.17, 15) is 9.59 Å². The second-order valence-electron chi connectivity index (χ2n) is 15.2. The predicted molar refractivity (Wildman–Crippen MR) is 224 cm³/mol. The molecular formula is C44H53N7O6. The Labute approximate surface area is 335 Å². The van der Waals surface area contributed by atoms with E-state index in [0.717, 1.165) is 86.4 Å². The maximum Gasteiger partial charge on any atom is 0.257 e. The van der Waals surface area contributed by atoms with E-state index in [1.54, 1.807) is 43.4 Å². The van der Waals surface area contributed by atoms with Crippen molar-refractivity contribution in [2.24, 2.45) is 15.7 Å². The fraction of sp³-hybridized carbons (Fsp3) is 0.409. The average Bonchev–Trinajstić information content (AvgIpc) is 3.74. The van der Waals surface area contributed by atoms with Gasteiger partial charge < -0.3 is 34.5 Å². The summed E-state index contributed by atoms with van der Waals surface area (Å²) >= 11 is 0. The number of likely N-dealkylation sites (tertiary alicyclic amines) is 1. The maximum atomic E-state index is 13.5. The van der Waals surface area contributed by atoms with Gasteiger partial charge in [-0.1, -0.05) is 24.3 Å². The lowest BCUT2D eigenvalue weighted by Crippen LogP contribution is -2.47. The van der Waals surface area contributed by atoms with Crippen molar-refractivity contribution in [1.29, 1.82) is 0 Å². The number of methoxy groups -OCH3 is 2. The number of likely N-dealkylation sites (N-methyl/N-ethyl adjacent to an activating group) is 1. The molecule has 7 rings (SSSR count). The number of amides is 1. The van der Waals surface area contributed by atoms with Crippen LogP contribution in [0.5, 0.6) is 23.0 Å². The smallest absolute Gasteiger partial charge is 0.257 e. The van der Waals surface area contributed by atoms with E-state index in [0.29, 0.717) is 65.0 Å². The van der Waals surface area contributed by atoms with Gasteiger partial charge in [0.2, 0.25) is 0 Å². The van der Waals surface area contributed by atoms with Crippen LogP contribution in [-0.4, -0.2) is 125 Å². The molecule has 4 aliphatic rings. The van der Waals surface area contributed by atoms with Crippen LogP contribution in [0.2, 0.25) is 0 Å². The summed E-state index contributed by atoms with van der Waals surface area (Å²) in [6.07, 6.45) is 6.98. The van der Waals surface area contributed by atoms with Crippen molar-refractivity contribution in [1.82, 2.24) is 14.7 Å². The summed E-state index contributed by atoms with van der Waals surface area (Å²) < 4.78 is 24.3. The highest BCUT2D eigenvalue weighted by Gasteiger charge is 2.34. The Morgan fingerprint density at radius 2 is 1.56 bits per heavy atom. The van der Waals surface area contributed by atoms with Gasteiger partial charge in [-0.2, -0.15) is 0 Å². The van der Waals surface area contributed by atoms with E-state index in [4.69, 9.17) is 34.7 Å². The highest BCUT2D eigenvalue weighted by atomic mass is 16.5. The maximum absolute atomic E-state index is 13.5. The number of benzene rings is 3. The molecule has 0 saturated carbocycles. The van der Waals surface area contributed by atoms with Crippen LogP contribution in [-0.2, 0) is 13.2 Å². The lowest BCUT2D eigenvalue weighted by Gasteiger charge is -2.36. The summed E-state index contributed by atoms with van der Waals surface area (Å²) in [6.45, 7) is 15.3. The van der Waals surface area contributed by atoms with Crippen molar-refractivity contribution in [2.75, 3.05) is 78.5 Å². The number of anilines is 1. The number of carbonyl (C=O) groups excluding carboxylic acids is 2. The molecule has 1 amide bonds. The van der Waals surface area contributed by atoms with Crippen LogP contribution in [0.4, 0.5) is 17.1 Å². The molecule has 0 spiro atoms. The summed E-state index contributed by atoms with van der Waals surface area (Å²) in [5.74, 6) is 1.77. The zero-order valence-electron chi connectivity index (χ0n) is 33.2. The van der Waals surface area contributed by atoms with Crippen LogP contribution in [0.25, 0.3) is 0 Å². The van der Waals surface area contributed by atoms with E-state index in [1.165, 1.54) is 0 Å². The highest BCUT2D eigenvalue weighted by Crippen LogP contribution is 2.40. The Morgan fingerprint density at radius 3 is 2.21 bits per heavy atom. The van der Waals surface area contributed by atoms with Crippen LogP contribution in [0, 0.1) is 0 Å². The number of carbonyl (C=O) groups is 2. The lowest BCUT2D eigenvalue weighted by molar-refractivity contribution is 0.0777. The Hall–Kier alpha value is -5.50. The lowest BCUT2D eigenvalue weighted by atomic mass is 10.1. The van der Waals surface area contributed by atoms with Crippen molar-refractivity contribution in [3.63, 3.8) is 0 Å². The van der Waals surface area contributed by atoms with Crippen molar-refractivity contribution >= 4 is 41.7 Å². The second kappa shape index (κ2) is 17.7. The van der Waals surface area contributed by atoms with E-state index in [-0.39, 0.29) is 31.2 Å². The third-order valence-corrected chi connectivity index (χ3v) is 11.1. The molecule has 2 unspecified atom stereocenters. The molecular weight excluding hydrogens is 723 g/mol. The minimum Gasteiger partial charge on any atom is -0.493 e. The van der Waals surface area contributed by atoms with Crippen molar-refractivity contribution in [3.05, 3.63) is 89.0 Å². The molecule has 0 aliphatic carbocycles. The zero-order chi connectivity index (χ0) is 40.1. The average molecular weight is 776 g/mol. The van der Waals surface area contributed by atoms with Gasteiger partial charge in [-0.3, -0.25) is 29.4 Å². The molecule has 3 saturated heterocycles.